The molecule has 2 heterocycles. The molecular formula is C16H21N3O2. The number of piperazine rings is 1. The number of hydrogen-bond donors (Lipinski definition) is 1. The van der Waals surface area contributed by atoms with Gasteiger partial charge in [-0.1, -0.05) is 30.3 Å². The minimum absolute atomic E-state index is 0.0120. The van der Waals surface area contributed by atoms with Gasteiger partial charge in [0.25, 0.3) is 0 Å². The van der Waals surface area contributed by atoms with E-state index in [1.807, 2.05) is 30.3 Å². The molecule has 0 bridgehead atoms. The highest BCUT2D eigenvalue weighted by Crippen LogP contribution is 2.26. The summed E-state index contributed by atoms with van der Waals surface area (Å²) in [5.41, 5.74) is 0.884. The number of rotatable bonds is 3. The van der Waals surface area contributed by atoms with Crippen LogP contribution in [0, 0.1) is 5.92 Å². The number of nitrogens with one attached hydrogen (secondary N) is 1. The first-order valence-electron chi connectivity index (χ1n) is 7.46. The highest BCUT2D eigenvalue weighted by atomic mass is 16.2. The average molecular weight is 287 g/mol. The van der Waals surface area contributed by atoms with Crippen LogP contribution in [0.25, 0.3) is 0 Å². The Hall–Kier alpha value is -1.88. The second kappa shape index (κ2) is 5.85. The summed E-state index contributed by atoms with van der Waals surface area (Å²) in [6.45, 7) is 2.84. The fraction of sp³-hybridized carbons (Fsp3) is 0.500. The number of nitrogens with zero attached hydrogens (tertiary/aromatic N) is 2. The van der Waals surface area contributed by atoms with Crippen molar-refractivity contribution in [3.8, 4) is 0 Å². The molecule has 5 nitrogen and oxygen atoms in total. The summed E-state index contributed by atoms with van der Waals surface area (Å²) in [6.07, 6.45) is 1.09. The Balaban J connectivity index is 1.82. The Bertz CT molecular complexity index is 532. The van der Waals surface area contributed by atoms with Gasteiger partial charge in [-0.15, -0.1) is 0 Å². The highest BCUT2D eigenvalue weighted by Gasteiger charge is 2.37. The predicted octanol–water partition coefficient (Wildman–Crippen LogP) is 0.638. The van der Waals surface area contributed by atoms with Crippen LogP contribution in [0.5, 0.6) is 0 Å². The molecule has 2 unspecified atom stereocenters. The van der Waals surface area contributed by atoms with Crippen LogP contribution in [0.15, 0.2) is 30.3 Å². The van der Waals surface area contributed by atoms with Gasteiger partial charge in [0, 0.05) is 13.1 Å². The molecule has 2 fully saturated rings. The molecule has 0 radical (unpaired) electrons. The summed E-state index contributed by atoms with van der Waals surface area (Å²) in [7, 11) is 2.10. The van der Waals surface area contributed by atoms with Gasteiger partial charge in [0.05, 0.1) is 6.54 Å². The number of benzene rings is 1. The van der Waals surface area contributed by atoms with Crippen LogP contribution >= 0.6 is 0 Å². The van der Waals surface area contributed by atoms with Crippen LogP contribution in [-0.2, 0) is 9.59 Å². The summed E-state index contributed by atoms with van der Waals surface area (Å²) >= 11 is 0. The van der Waals surface area contributed by atoms with Gasteiger partial charge in [0.2, 0.25) is 11.8 Å². The molecule has 1 aromatic carbocycles. The van der Waals surface area contributed by atoms with E-state index < -0.39 is 6.04 Å². The summed E-state index contributed by atoms with van der Waals surface area (Å²) in [5, 5.41) is 2.70. The van der Waals surface area contributed by atoms with Crippen LogP contribution in [0.3, 0.4) is 0 Å². The first-order valence-corrected chi connectivity index (χ1v) is 7.46. The van der Waals surface area contributed by atoms with Gasteiger partial charge < -0.3 is 15.1 Å². The fourth-order valence-corrected chi connectivity index (χ4v) is 3.27. The van der Waals surface area contributed by atoms with Crippen molar-refractivity contribution in [1.29, 1.82) is 0 Å². The lowest BCUT2D eigenvalue weighted by atomic mass is 9.99. The largest absolute Gasteiger partial charge is 0.345 e. The van der Waals surface area contributed by atoms with E-state index >= 15 is 0 Å². The van der Waals surface area contributed by atoms with Gasteiger partial charge in [-0.3, -0.25) is 9.59 Å². The lowest BCUT2D eigenvalue weighted by Gasteiger charge is -2.36. The van der Waals surface area contributed by atoms with E-state index in [0.717, 1.165) is 25.1 Å². The maximum absolute atomic E-state index is 12.3. The lowest BCUT2D eigenvalue weighted by molar-refractivity contribution is -0.146. The molecule has 0 aromatic heterocycles. The van der Waals surface area contributed by atoms with Crippen molar-refractivity contribution in [2.24, 2.45) is 5.92 Å². The smallest absolute Gasteiger partial charge is 0.247 e. The molecule has 2 aliphatic rings. The van der Waals surface area contributed by atoms with Crippen molar-refractivity contribution < 1.29 is 9.59 Å². The maximum Gasteiger partial charge on any atom is 0.247 e. The average Bonchev–Trinajstić information content (AvgIpc) is 2.89. The van der Waals surface area contributed by atoms with Crippen molar-refractivity contribution >= 4 is 11.8 Å². The normalized spacial score (nSPS) is 27.0. The third-order valence-corrected chi connectivity index (χ3v) is 4.35. The van der Waals surface area contributed by atoms with Crippen LogP contribution < -0.4 is 5.32 Å². The van der Waals surface area contributed by atoms with Crippen LogP contribution in [0.1, 0.15) is 18.0 Å². The van der Waals surface area contributed by atoms with Gasteiger partial charge in [0.15, 0.2) is 0 Å². The number of amides is 2. The third kappa shape index (κ3) is 2.93. The van der Waals surface area contributed by atoms with Gasteiger partial charge in [-0.05, 0) is 31.5 Å². The van der Waals surface area contributed by atoms with Crippen LogP contribution in [0.4, 0.5) is 0 Å². The van der Waals surface area contributed by atoms with Crippen molar-refractivity contribution in [3.05, 3.63) is 35.9 Å². The fourth-order valence-electron chi connectivity index (χ4n) is 3.27. The molecule has 112 valence electrons. The number of carbonyl (C=O) groups excluding carboxylic acids is 2. The SMILES string of the molecule is CN1CCC(CN2C(=O)CNC(=O)C2c2ccccc2)C1. The molecule has 2 aliphatic heterocycles. The second-order valence-corrected chi connectivity index (χ2v) is 5.99. The Kier molecular flexibility index (Phi) is 3.92. The van der Waals surface area contributed by atoms with Gasteiger partial charge >= 0.3 is 0 Å². The molecule has 1 aromatic rings. The van der Waals surface area contributed by atoms with Crippen molar-refractivity contribution in [2.75, 3.05) is 33.2 Å². The number of likely N-dealkylation sites (tertiary alicyclic amines) is 1. The molecular weight excluding hydrogens is 266 g/mol. The molecule has 2 amide bonds. The van der Waals surface area contributed by atoms with E-state index in [1.54, 1.807) is 4.90 Å². The maximum atomic E-state index is 12.3. The number of hydrogen-bond acceptors (Lipinski definition) is 3. The molecule has 0 aliphatic carbocycles. The highest BCUT2D eigenvalue weighted by molar-refractivity contribution is 5.95. The van der Waals surface area contributed by atoms with E-state index in [9.17, 15) is 9.59 Å². The Morgan fingerprint density at radius 2 is 2.00 bits per heavy atom. The Morgan fingerprint density at radius 1 is 1.24 bits per heavy atom. The minimum Gasteiger partial charge on any atom is -0.345 e. The monoisotopic (exact) mass is 287 g/mol. The summed E-state index contributed by atoms with van der Waals surface area (Å²) in [6, 6.07) is 9.07. The first-order chi connectivity index (χ1) is 10.1. The minimum atomic E-state index is -0.488. The first kappa shape index (κ1) is 14.1. The van der Waals surface area contributed by atoms with Crippen LogP contribution in [0.2, 0.25) is 0 Å². The molecule has 21 heavy (non-hydrogen) atoms. The van der Waals surface area contributed by atoms with E-state index in [1.165, 1.54) is 0 Å². The van der Waals surface area contributed by atoms with Gasteiger partial charge in [0.1, 0.15) is 6.04 Å². The summed E-state index contributed by atoms with van der Waals surface area (Å²) < 4.78 is 0. The molecule has 2 saturated heterocycles. The molecule has 0 saturated carbocycles. The molecule has 1 N–H and O–H groups in total. The van der Waals surface area contributed by atoms with E-state index in [0.29, 0.717) is 12.5 Å². The molecule has 3 rings (SSSR count). The van der Waals surface area contributed by atoms with E-state index in [2.05, 4.69) is 17.3 Å². The Labute approximate surface area is 124 Å². The zero-order valence-electron chi connectivity index (χ0n) is 12.3. The van der Waals surface area contributed by atoms with Gasteiger partial charge in [-0.2, -0.15) is 0 Å². The van der Waals surface area contributed by atoms with Crippen LogP contribution in [-0.4, -0.2) is 54.8 Å². The van der Waals surface area contributed by atoms with Crippen molar-refractivity contribution in [2.45, 2.75) is 12.5 Å². The summed E-state index contributed by atoms with van der Waals surface area (Å²) in [4.78, 5) is 28.6. The van der Waals surface area contributed by atoms with Gasteiger partial charge in [-0.25, -0.2) is 0 Å². The van der Waals surface area contributed by atoms with Crippen molar-refractivity contribution in [1.82, 2.24) is 15.1 Å². The lowest BCUT2D eigenvalue weighted by Crippen LogP contribution is -2.54. The molecule has 5 heteroatoms. The second-order valence-electron chi connectivity index (χ2n) is 5.99. The Morgan fingerprint density at radius 3 is 2.67 bits per heavy atom. The summed E-state index contributed by atoms with van der Waals surface area (Å²) in [5.74, 6) is 0.390. The standard InChI is InChI=1S/C16H21N3O2/c1-18-8-7-12(10-18)11-19-14(20)9-17-16(21)15(19)13-5-3-2-4-6-13/h2-6,12,15H,7-11H2,1H3,(H,17,21). The number of carbonyl (C=O) groups is 2. The third-order valence-electron chi connectivity index (χ3n) is 4.35. The van der Waals surface area contributed by atoms with Crippen molar-refractivity contribution in [3.63, 3.8) is 0 Å². The van der Waals surface area contributed by atoms with E-state index in [-0.39, 0.29) is 18.4 Å². The quantitative estimate of drug-likeness (QED) is 0.887. The zero-order valence-corrected chi connectivity index (χ0v) is 12.3. The van der Waals surface area contributed by atoms with E-state index in [4.69, 9.17) is 0 Å². The molecule has 0 spiro atoms. The topological polar surface area (TPSA) is 52.6 Å². The molecule has 2 atom stereocenters. The predicted molar refractivity (Wildman–Crippen MR) is 79.5 cm³/mol. The zero-order chi connectivity index (χ0) is 14.8.